The molecule has 3 aromatic rings. The minimum Gasteiger partial charge on any atom is -0.342 e. The van der Waals surface area contributed by atoms with Crippen molar-refractivity contribution in [3.8, 4) is 0 Å². The summed E-state index contributed by atoms with van der Waals surface area (Å²) in [6, 6.07) is 7.76. The van der Waals surface area contributed by atoms with Crippen molar-refractivity contribution in [3.63, 3.8) is 0 Å². The van der Waals surface area contributed by atoms with Gasteiger partial charge in [0.25, 0.3) is 0 Å². The molecule has 1 N–H and O–H groups in total. The van der Waals surface area contributed by atoms with Crippen molar-refractivity contribution in [2.24, 2.45) is 0 Å². The van der Waals surface area contributed by atoms with E-state index in [-0.39, 0.29) is 18.2 Å². The second-order valence-corrected chi connectivity index (χ2v) is 7.47. The Balaban J connectivity index is 1.46. The van der Waals surface area contributed by atoms with Crippen molar-refractivity contribution in [2.75, 3.05) is 13.1 Å². The Kier molecular flexibility index (Phi) is 4.63. The van der Waals surface area contributed by atoms with E-state index in [1.807, 2.05) is 24.3 Å². The SMILES string of the molecule is O=C(Cc1nsc2ccccc12)N1CCCC(c2ncc(C(F)(F)F)[nH]2)C1. The number of benzene rings is 1. The van der Waals surface area contributed by atoms with Crippen molar-refractivity contribution in [1.29, 1.82) is 0 Å². The van der Waals surface area contributed by atoms with Gasteiger partial charge in [0.15, 0.2) is 0 Å². The molecule has 0 aliphatic carbocycles. The number of aromatic amines is 1. The number of likely N-dealkylation sites (tertiary alicyclic amines) is 1. The van der Waals surface area contributed by atoms with E-state index >= 15 is 0 Å². The summed E-state index contributed by atoms with van der Waals surface area (Å²) in [5, 5.41) is 0.977. The molecule has 4 rings (SSSR count). The predicted molar refractivity (Wildman–Crippen MR) is 95.5 cm³/mol. The lowest BCUT2D eigenvalue weighted by molar-refractivity contribution is -0.141. The van der Waals surface area contributed by atoms with Crippen LogP contribution < -0.4 is 0 Å². The van der Waals surface area contributed by atoms with Crippen LogP contribution in [-0.4, -0.2) is 38.2 Å². The molecule has 2 aromatic heterocycles. The average Bonchev–Trinajstić information content (AvgIpc) is 3.30. The maximum Gasteiger partial charge on any atom is 0.432 e. The second-order valence-electron chi connectivity index (χ2n) is 6.66. The van der Waals surface area contributed by atoms with E-state index < -0.39 is 11.9 Å². The lowest BCUT2D eigenvalue weighted by Gasteiger charge is -2.31. The van der Waals surface area contributed by atoms with Crippen molar-refractivity contribution in [1.82, 2.24) is 19.2 Å². The fourth-order valence-corrected chi connectivity index (χ4v) is 4.23. The molecule has 1 atom stereocenters. The summed E-state index contributed by atoms with van der Waals surface area (Å²) in [4.78, 5) is 20.7. The highest BCUT2D eigenvalue weighted by Crippen LogP contribution is 2.31. The summed E-state index contributed by atoms with van der Waals surface area (Å²) < 4.78 is 43.7. The maximum absolute atomic E-state index is 12.8. The zero-order valence-electron chi connectivity index (χ0n) is 14.3. The van der Waals surface area contributed by atoms with Crippen LogP contribution in [-0.2, 0) is 17.4 Å². The molecule has 0 radical (unpaired) electrons. The van der Waals surface area contributed by atoms with Crippen LogP contribution in [0.3, 0.4) is 0 Å². The summed E-state index contributed by atoms with van der Waals surface area (Å²) in [5.74, 6) is 0.0169. The minimum absolute atomic E-state index is 0.0571. The first-order chi connectivity index (χ1) is 12.9. The van der Waals surface area contributed by atoms with Gasteiger partial charge in [-0.15, -0.1) is 0 Å². The smallest absolute Gasteiger partial charge is 0.342 e. The van der Waals surface area contributed by atoms with E-state index in [4.69, 9.17) is 0 Å². The molecule has 1 aliphatic rings. The Morgan fingerprint density at radius 2 is 2.15 bits per heavy atom. The van der Waals surface area contributed by atoms with Gasteiger partial charge in [0, 0.05) is 24.4 Å². The number of nitrogens with one attached hydrogen (secondary N) is 1. The van der Waals surface area contributed by atoms with Crippen LogP contribution in [0, 0.1) is 0 Å². The molecule has 142 valence electrons. The number of H-pyrrole nitrogens is 1. The molecule has 1 aromatic carbocycles. The zero-order valence-corrected chi connectivity index (χ0v) is 15.1. The van der Waals surface area contributed by atoms with E-state index in [9.17, 15) is 18.0 Å². The van der Waals surface area contributed by atoms with Gasteiger partial charge in [0.1, 0.15) is 11.5 Å². The Hall–Kier alpha value is -2.42. The molecular formula is C18H17F3N4OS. The fourth-order valence-electron chi connectivity index (χ4n) is 3.44. The highest BCUT2D eigenvalue weighted by atomic mass is 32.1. The average molecular weight is 394 g/mol. The van der Waals surface area contributed by atoms with Crippen LogP contribution in [0.5, 0.6) is 0 Å². The number of fused-ring (bicyclic) bond motifs is 1. The van der Waals surface area contributed by atoms with Gasteiger partial charge in [0.2, 0.25) is 5.91 Å². The van der Waals surface area contributed by atoms with Crippen molar-refractivity contribution >= 4 is 27.5 Å². The molecule has 1 amide bonds. The number of nitrogens with zero attached hydrogens (tertiary/aromatic N) is 3. The third-order valence-electron chi connectivity index (χ3n) is 4.83. The van der Waals surface area contributed by atoms with Gasteiger partial charge in [-0.3, -0.25) is 4.79 Å². The first-order valence-corrected chi connectivity index (χ1v) is 9.42. The van der Waals surface area contributed by atoms with Crippen LogP contribution in [0.4, 0.5) is 13.2 Å². The number of imidazole rings is 1. The first kappa shape index (κ1) is 18.0. The highest BCUT2D eigenvalue weighted by Gasteiger charge is 2.35. The van der Waals surface area contributed by atoms with Crippen molar-refractivity contribution in [3.05, 3.63) is 47.7 Å². The number of aromatic nitrogens is 3. The minimum atomic E-state index is -4.44. The number of amides is 1. The highest BCUT2D eigenvalue weighted by molar-refractivity contribution is 7.13. The van der Waals surface area contributed by atoms with Crippen LogP contribution in [0.1, 0.15) is 36.0 Å². The van der Waals surface area contributed by atoms with E-state index in [0.717, 1.165) is 28.4 Å². The van der Waals surface area contributed by atoms with Crippen molar-refractivity contribution in [2.45, 2.75) is 31.4 Å². The molecule has 1 fully saturated rings. The van der Waals surface area contributed by atoms with Gasteiger partial charge >= 0.3 is 6.18 Å². The standard InChI is InChI=1S/C18H17F3N4OS/c19-18(20,21)15-9-22-17(23-15)11-4-3-7-25(10-11)16(26)8-13-12-5-1-2-6-14(12)27-24-13/h1-2,5-6,9,11H,3-4,7-8,10H2,(H,22,23). The molecule has 0 spiro atoms. The number of carbonyl (C=O) groups excluding carboxylic acids is 1. The van der Waals surface area contributed by atoms with Gasteiger partial charge < -0.3 is 9.88 Å². The normalized spacial score (nSPS) is 18.2. The monoisotopic (exact) mass is 394 g/mol. The number of halogens is 3. The van der Waals surface area contributed by atoms with Crippen LogP contribution >= 0.6 is 11.5 Å². The van der Waals surface area contributed by atoms with E-state index in [1.54, 1.807) is 4.90 Å². The van der Waals surface area contributed by atoms with E-state index in [2.05, 4.69) is 14.3 Å². The van der Waals surface area contributed by atoms with Gasteiger partial charge in [-0.2, -0.15) is 17.5 Å². The van der Waals surface area contributed by atoms with Gasteiger partial charge in [-0.25, -0.2) is 4.98 Å². The molecule has 1 unspecified atom stereocenters. The molecule has 3 heterocycles. The summed E-state index contributed by atoms with van der Waals surface area (Å²) in [6.45, 7) is 0.968. The summed E-state index contributed by atoms with van der Waals surface area (Å²) in [5.41, 5.74) is -0.102. The Labute approximate surface area is 157 Å². The number of hydrogen-bond donors (Lipinski definition) is 1. The molecule has 0 bridgehead atoms. The molecule has 27 heavy (non-hydrogen) atoms. The Morgan fingerprint density at radius 3 is 2.93 bits per heavy atom. The molecule has 0 saturated carbocycles. The molecule has 9 heteroatoms. The summed E-state index contributed by atoms with van der Waals surface area (Å²) in [6.07, 6.45) is -1.99. The first-order valence-electron chi connectivity index (χ1n) is 8.65. The third kappa shape index (κ3) is 3.69. The molecular weight excluding hydrogens is 377 g/mol. The zero-order chi connectivity index (χ0) is 19.0. The quantitative estimate of drug-likeness (QED) is 0.731. The predicted octanol–water partition coefficient (Wildman–Crippen LogP) is 3.99. The number of hydrogen-bond acceptors (Lipinski definition) is 4. The van der Waals surface area contributed by atoms with Gasteiger partial charge in [0.05, 0.1) is 23.0 Å². The number of rotatable bonds is 3. The van der Waals surface area contributed by atoms with E-state index in [0.29, 0.717) is 25.3 Å². The third-order valence-corrected chi connectivity index (χ3v) is 5.70. The number of piperidine rings is 1. The fraction of sp³-hybridized carbons (Fsp3) is 0.389. The molecule has 5 nitrogen and oxygen atoms in total. The van der Waals surface area contributed by atoms with Gasteiger partial charge in [-0.05, 0) is 30.4 Å². The number of carbonyl (C=O) groups is 1. The van der Waals surface area contributed by atoms with Crippen molar-refractivity contribution < 1.29 is 18.0 Å². The lowest BCUT2D eigenvalue weighted by Crippen LogP contribution is -2.40. The molecule has 1 saturated heterocycles. The lowest BCUT2D eigenvalue weighted by atomic mass is 9.97. The Bertz CT molecular complexity index is 965. The van der Waals surface area contributed by atoms with Crippen LogP contribution in [0.2, 0.25) is 0 Å². The Morgan fingerprint density at radius 1 is 1.33 bits per heavy atom. The number of alkyl halides is 3. The van der Waals surface area contributed by atoms with E-state index in [1.165, 1.54) is 11.5 Å². The van der Waals surface area contributed by atoms with Crippen LogP contribution in [0.15, 0.2) is 30.5 Å². The largest absolute Gasteiger partial charge is 0.432 e. The van der Waals surface area contributed by atoms with Gasteiger partial charge in [-0.1, -0.05) is 18.2 Å². The second kappa shape index (κ2) is 6.95. The van der Waals surface area contributed by atoms with Crippen LogP contribution in [0.25, 0.3) is 10.1 Å². The molecule has 1 aliphatic heterocycles. The summed E-state index contributed by atoms with van der Waals surface area (Å²) >= 11 is 1.36. The topological polar surface area (TPSA) is 61.9 Å². The summed E-state index contributed by atoms with van der Waals surface area (Å²) in [7, 11) is 0. The maximum atomic E-state index is 12.8.